The first-order valence-corrected chi connectivity index (χ1v) is 4.86. The topological polar surface area (TPSA) is 29.1 Å². The lowest BCUT2D eigenvalue weighted by Crippen LogP contribution is -2.41. The lowest BCUT2D eigenvalue weighted by Gasteiger charge is -2.15. The lowest BCUT2D eigenvalue weighted by atomic mass is 10.2. The number of carbonyl (C=O) groups is 1. The maximum Gasteiger partial charge on any atom is 0.383 e. The first kappa shape index (κ1) is 13.8. The second-order valence-electron chi connectivity index (χ2n) is 3.34. The third kappa shape index (κ3) is 3.09. The van der Waals surface area contributed by atoms with Crippen LogP contribution in [0.4, 0.5) is 23.2 Å². The van der Waals surface area contributed by atoms with Crippen LogP contribution in [0.25, 0.3) is 0 Å². The fourth-order valence-corrected chi connectivity index (χ4v) is 1.30. The Labute approximate surface area is 99.6 Å². The van der Waals surface area contributed by atoms with Gasteiger partial charge in [-0.15, -0.1) is 0 Å². The number of hydrogen-bond acceptors (Lipinski definition) is 1. The lowest BCUT2D eigenvalue weighted by molar-refractivity contribution is -0.163. The van der Waals surface area contributed by atoms with E-state index in [1.807, 2.05) is 0 Å². The van der Waals surface area contributed by atoms with Gasteiger partial charge in [0.15, 0.2) is 0 Å². The molecule has 2 nitrogen and oxygen atoms in total. The molecule has 1 N–H and O–H groups in total. The van der Waals surface area contributed by atoms with Gasteiger partial charge in [-0.05, 0) is 30.7 Å². The Morgan fingerprint density at radius 1 is 1.41 bits per heavy atom. The quantitative estimate of drug-likeness (QED) is 0.836. The molecular formula is C10H8ClF4NO. The van der Waals surface area contributed by atoms with Crippen molar-refractivity contribution in [2.24, 2.45) is 0 Å². The van der Waals surface area contributed by atoms with Crippen molar-refractivity contribution >= 4 is 23.2 Å². The second kappa shape index (κ2) is 4.91. The average molecular weight is 270 g/mol. The van der Waals surface area contributed by atoms with Crippen LogP contribution in [0, 0.1) is 6.92 Å². The van der Waals surface area contributed by atoms with Crippen LogP contribution in [0.1, 0.15) is 5.56 Å². The first-order valence-electron chi connectivity index (χ1n) is 4.48. The molecule has 1 amide bonds. The zero-order valence-corrected chi connectivity index (χ0v) is 9.36. The van der Waals surface area contributed by atoms with Crippen LogP contribution >= 0.6 is 11.6 Å². The highest BCUT2D eigenvalue weighted by atomic mass is 35.5. The highest BCUT2D eigenvalue weighted by Crippen LogP contribution is 2.26. The molecular weight excluding hydrogens is 262 g/mol. The van der Waals surface area contributed by atoms with E-state index in [0.717, 1.165) is 0 Å². The summed E-state index contributed by atoms with van der Waals surface area (Å²) in [6.45, 7) is 1.50. The highest BCUT2D eigenvalue weighted by Gasteiger charge is 2.49. The van der Waals surface area contributed by atoms with Crippen LogP contribution in [-0.4, -0.2) is 18.3 Å². The van der Waals surface area contributed by atoms with Crippen LogP contribution in [0.5, 0.6) is 0 Å². The molecule has 0 aromatic heterocycles. The molecule has 94 valence electrons. The van der Waals surface area contributed by atoms with Crippen molar-refractivity contribution in [2.45, 2.75) is 19.3 Å². The minimum atomic E-state index is -4.72. The summed E-state index contributed by atoms with van der Waals surface area (Å²) in [5.41, 5.74) is 0.413. The molecule has 0 atom stereocenters. The zero-order valence-electron chi connectivity index (χ0n) is 8.61. The van der Waals surface area contributed by atoms with Crippen molar-refractivity contribution in [2.75, 3.05) is 5.32 Å². The maximum atomic E-state index is 12.6. The molecule has 0 saturated carbocycles. The van der Waals surface area contributed by atoms with Gasteiger partial charge in [0.05, 0.1) is 0 Å². The van der Waals surface area contributed by atoms with Gasteiger partial charge in [-0.2, -0.15) is 8.78 Å². The number of aryl methyl sites for hydroxylation is 1. The van der Waals surface area contributed by atoms with Gasteiger partial charge in [0, 0.05) is 10.7 Å². The number of benzene rings is 1. The molecule has 1 aromatic rings. The van der Waals surface area contributed by atoms with Crippen LogP contribution in [0.3, 0.4) is 0 Å². The summed E-state index contributed by atoms with van der Waals surface area (Å²) in [6.07, 6.45) is -4.05. The van der Waals surface area contributed by atoms with E-state index in [4.69, 9.17) is 11.6 Å². The van der Waals surface area contributed by atoms with Gasteiger partial charge in [-0.25, -0.2) is 8.78 Å². The summed E-state index contributed by atoms with van der Waals surface area (Å²) >= 11 is 5.61. The van der Waals surface area contributed by atoms with E-state index >= 15 is 0 Å². The number of carbonyl (C=O) groups excluding carboxylic acids is 1. The monoisotopic (exact) mass is 269 g/mol. The standard InChI is InChI=1S/C10H8ClF4NO/c1-5-4-6(11)2-3-7(5)16-9(17)10(14,15)8(12)13/h2-4,8H,1H3,(H,16,17). The van der Waals surface area contributed by atoms with E-state index in [2.05, 4.69) is 0 Å². The third-order valence-corrected chi connectivity index (χ3v) is 2.25. The van der Waals surface area contributed by atoms with Crippen molar-refractivity contribution in [3.05, 3.63) is 28.8 Å². The molecule has 0 bridgehead atoms. The van der Waals surface area contributed by atoms with E-state index in [-0.39, 0.29) is 5.69 Å². The molecule has 1 aromatic carbocycles. The highest BCUT2D eigenvalue weighted by molar-refractivity contribution is 6.30. The van der Waals surface area contributed by atoms with Gasteiger partial charge in [-0.1, -0.05) is 11.6 Å². The number of halogens is 5. The van der Waals surface area contributed by atoms with Crippen molar-refractivity contribution in [1.29, 1.82) is 0 Å². The summed E-state index contributed by atoms with van der Waals surface area (Å²) in [7, 11) is 0. The Bertz CT molecular complexity index is 436. The molecule has 17 heavy (non-hydrogen) atoms. The smallest absolute Gasteiger partial charge is 0.320 e. The summed E-state index contributed by atoms with van der Waals surface area (Å²) in [6, 6.07) is 4.03. The molecule has 0 saturated heterocycles. The summed E-state index contributed by atoms with van der Waals surface area (Å²) in [4.78, 5) is 10.9. The van der Waals surface area contributed by atoms with E-state index in [1.54, 1.807) is 5.32 Å². The van der Waals surface area contributed by atoms with Crippen LogP contribution in [0.15, 0.2) is 18.2 Å². The predicted molar refractivity (Wildman–Crippen MR) is 55.8 cm³/mol. The van der Waals surface area contributed by atoms with E-state index in [1.165, 1.54) is 25.1 Å². The summed E-state index contributed by atoms with van der Waals surface area (Å²) in [5.74, 6) is -6.76. The molecule has 0 aliphatic rings. The largest absolute Gasteiger partial charge is 0.383 e. The van der Waals surface area contributed by atoms with Gasteiger partial charge in [0.25, 0.3) is 0 Å². The fraction of sp³-hybridized carbons (Fsp3) is 0.300. The number of alkyl halides is 4. The van der Waals surface area contributed by atoms with Gasteiger partial charge in [0.1, 0.15) is 0 Å². The van der Waals surface area contributed by atoms with Crippen molar-refractivity contribution in [1.82, 2.24) is 0 Å². The normalized spacial score (nSPS) is 11.7. The van der Waals surface area contributed by atoms with Crippen LogP contribution in [0.2, 0.25) is 5.02 Å². The molecule has 0 fully saturated rings. The van der Waals surface area contributed by atoms with Crippen LogP contribution < -0.4 is 5.32 Å². The molecule has 0 spiro atoms. The van der Waals surface area contributed by atoms with Crippen LogP contribution in [-0.2, 0) is 4.79 Å². The van der Waals surface area contributed by atoms with E-state index in [0.29, 0.717) is 10.6 Å². The number of hydrogen-bond donors (Lipinski definition) is 1. The average Bonchev–Trinajstić information content (AvgIpc) is 2.21. The Morgan fingerprint density at radius 3 is 2.47 bits per heavy atom. The van der Waals surface area contributed by atoms with Crippen molar-refractivity contribution < 1.29 is 22.4 Å². The molecule has 0 aliphatic carbocycles. The minimum absolute atomic E-state index is 0.0136. The Kier molecular flexibility index (Phi) is 3.98. The van der Waals surface area contributed by atoms with Crippen molar-refractivity contribution in [3.63, 3.8) is 0 Å². The second-order valence-corrected chi connectivity index (χ2v) is 3.77. The number of nitrogens with one attached hydrogen (secondary N) is 1. The molecule has 7 heteroatoms. The minimum Gasteiger partial charge on any atom is -0.320 e. The van der Waals surface area contributed by atoms with Gasteiger partial charge in [-0.3, -0.25) is 4.79 Å². The Balaban J connectivity index is 2.89. The molecule has 0 radical (unpaired) electrons. The van der Waals surface area contributed by atoms with Gasteiger partial charge in [0.2, 0.25) is 0 Å². The fourth-order valence-electron chi connectivity index (χ4n) is 1.07. The van der Waals surface area contributed by atoms with Crippen molar-refractivity contribution in [3.8, 4) is 0 Å². The SMILES string of the molecule is Cc1cc(Cl)ccc1NC(=O)C(F)(F)C(F)F. The van der Waals surface area contributed by atoms with E-state index < -0.39 is 18.3 Å². The zero-order chi connectivity index (χ0) is 13.2. The Morgan fingerprint density at radius 2 is 2.00 bits per heavy atom. The molecule has 0 aliphatic heterocycles. The van der Waals surface area contributed by atoms with E-state index in [9.17, 15) is 22.4 Å². The number of amides is 1. The summed E-state index contributed by atoms with van der Waals surface area (Å²) < 4.78 is 49.1. The Hall–Kier alpha value is -1.30. The number of rotatable bonds is 3. The predicted octanol–water partition coefficient (Wildman–Crippen LogP) is 3.49. The first-order chi connectivity index (χ1) is 7.75. The summed E-state index contributed by atoms with van der Waals surface area (Å²) in [5, 5.41) is 2.08. The van der Waals surface area contributed by atoms with Gasteiger partial charge < -0.3 is 5.32 Å². The third-order valence-electron chi connectivity index (χ3n) is 2.01. The van der Waals surface area contributed by atoms with Gasteiger partial charge >= 0.3 is 18.3 Å². The maximum absolute atomic E-state index is 12.6. The molecule has 0 heterocycles. The molecule has 0 unspecified atom stereocenters. The molecule has 1 rings (SSSR count). The number of anilines is 1.